The van der Waals surface area contributed by atoms with Crippen molar-refractivity contribution in [2.45, 2.75) is 58.3 Å². The molecule has 176 valence electrons. The lowest BCUT2D eigenvalue weighted by molar-refractivity contribution is 0.101. The number of anilines is 1. The summed E-state index contributed by atoms with van der Waals surface area (Å²) in [6.07, 6.45) is 3.69. The van der Waals surface area contributed by atoms with Gasteiger partial charge in [-0.1, -0.05) is 26.0 Å². The molecule has 0 aliphatic carbocycles. The Labute approximate surface area is 200 Å². The highest BCUT2D eigenvalue weighted by Crippen LogP contribution is 2.34. The normalized spacial score (nSPS) is 19.6. The molecule has 34 heavy (non-hydrogen) atoms. The van der Waals surface area contributed by atoms with Gasteiger partial charge < -0.3 is 9.47 Å². The third kappa shape index (κ3) is 4.18. The summed E-state index contributed by atoms with van der Waals surface area (Å²) in [6, 6.07) is 14.6. The molecule has 3 atom stereocenters. The predicted octanol–water partition coefficient (Wildman–Crippen LogP) is 3.57. The van der Waals surface area contributed by atoms with Gasteiger partial charge in [-0.25, -0.2) is 0 Å². The number of hydrogen-bond acceptors (Lipinski definition) is 6. The van der Waals surface area contributed by atoms with Gasteiger partial charge >= 0.3 is 0 Å². The first-order chi connectivity index (χ1) is 16.4. The molecular weight excluding hydrogens is 426 g/mol. The Bertz CT molecular complexity index is 1310. The van der Waals surface area contributed by atoms with Crippen LogP contribution in [0.15, 0.2) is 41.3 Å². The summed E-state index contributed by atoms with van der Waals surface area (Å²) in [7, 11) is 1.75. The van der Waals surface area contributed by atoms with Crippen molar-refractivity contribution >= 4 is 16.7 Å². The summed E-state index contributed by atoms with van der Waals surface area (Å²) >= 11 is 0. The molecule has 2 aromatic heterocycles. The molecule has 8 nitrogen and oxygen atoms in total. The van der Waals surface area contributed by atoms with Gasteiger partial charge in [-0.05, 0) is 37.5 Å². The van der Waals surface area contributed by atoms with Gasteiger partial charge in [-0.2, -0.15) is 15.6 Å². The standard InChI is InChI=1S/C26H31N7O/c1-5-21-16-33(23-13-25(34)30(4)24-17-31(12-11-27)29-26(23)24)22(6-2)15-32(21)18(3)20-9-7-19(14-28)8-10-20/h7-10,13,17-18,21-22H,5-6,12,15-16H2,1-4H3/t18?,21-,22+/m1/s1. The smallest absolute Gasteiger partial charge is 0.252 e. The van der Waals surface area contributed by atoms with Gasteiger partial charge in [-0.3, -0.25) is 14.4 Å². The van der Waals surface area contributed by atoms with Crippen LogP contribution in [0.4, 0.5) is 5.69 Å². The first-order valence-corrected chi connectivity index (χ1v) is 11.9. The molecule has 1 aromatic carbocycles. The van der Waals surface area contributed by atoms with Crippen LogP contribution in [0, 0.1) is 22.7 Å². The molecular formula is C26H31N7O. The molecule has 4 rings (SSSR count). The van der Waals surface area contributed by atoms with E-state index in [1.54, 1.807) is 28.6 Å². The van der Waals surface area contributed by atoms with Crippen molar-refractivity contribution < 1.29 is 0 Å². The quantitative estimate of drug-likeness (QED) is 0.562. The zero-order valence-corrected chi connectivity index (χ0v) is 20.3. The highest BCUT2D eigenvalue weighted by atomic mass is 16.1. The molecule has 8 heteroatoms. The molecule has 0 amide bonds. The summed E-state index contributed by atoms with van der Waals surface area (Å²) < 4.78 is 3.20. The van der Waals surface area contributed by atoms with Crippen LogP contribution >= 0.6 is 0 Å². The molecule has 1 aliphatic rings. The molecule has 1 fully saturated rings. The first-order valence-electron chi connectivity index (χ1n) is 11.9. The highest BCUT2D eigenvalue weighted by molar-refractivity contribution is 5.88. The zero-order chi connectivity index (χ0) is 24.4. The van der Waals surface area contributed by atoms with E-state index in [-0.39, 0.29) is 24.2 Å². The van der Waals surface area contributed by atoms with Gasteiger partial charge in [0.05, 0.1) is 35.1 Å². The average molecular weight is 458 g/mol. The molecule has 1 unspecified atom stereocenters. The Hall–Kier alpha value is -3.62. The second-order valence-electron chi connectivity index (χ2n) is 9.03. The van der Waals surface area contributed by atoms with E-state index in [4.69, 9.17) is 10.5 Å². The van der Waals surface area contributed by atoms with Gasteiger partial charge in [0.25, 0.3) is 5.56 Å². The SMILES string of the molecule is CC[C@H]1CN(C(C)c2ccc(C#N)cc2)[C@H](CC)CN1c1cc(=O)n(C)c2cn(CC#N)nc12. The van der Waals surface area contributed by atoms with Gasteiger partial charge in [0, 0.05) is 44.3 Å². The fraction of sp³-hybridized carbons (Fsp3) is 0.462. The van der Waals surface area contributed by atoms with E-state index in [0.29, 0.717) is 11.6 Å². The number of aromatic nitrogens is 3. The molecule has 0 spiro atoms. The van der Waals surface area contributed by atoms with E-state index >= 15 is 0 Å². The number of nitriles is 2. The lowest BCUT2D eigenvalue weighted by Crippen LogP contribution is -2.58. The monoisotopic (exact) mass is 457 g/mol. The number of pyridine rings is 1. The average Bonchev–Trinajstić information content (AvgIpc) is 3.29. The minimum absolute atomic E-state index is 0.0738. The summed E-state index contributed by atoms with van der Waals surface area (Å²) in [5, 5.41) is 22.9. The van der Waals surface area contributed by atoms with Crippen LogP contribution in [0.3, 0.4) is 0 Å². The topological polar surface area (TPSA) is 93.9 Å². The van der Waals surface area contributed by atoms with Crippen LogP contribution in [-0.4, -0.2) is 44.4 Å². The fourth-order valence-electron chi connectivity index (χ4n) is 5.09. The summed E-state index contributed by atoms with van der Waals surface area (Å²) in [5.41, 5.74) is 4.16. The third-order valence-electron chi connectivity index (χ3n) is 7.18. The lowest BCUT2D eigenvalue weighted by Gasteiger charge is -2.49. The number of benzene rings is 1. The first kappa shape index (κ1) is 23.5. The molecule has 0 saturated carbocycles. The largest absolute Gasteiger partial charge is 0.364 e. The maximum absolute atomic E-state index is 12.8. The van der Waals surface area contributed by atoms with E-state index < -0.39 is 0 Å². The molecule has 0 bridgehead atoms. The highest BCUT2D eigenvalue weighted by Gasteiger charge is 2.36. The fourth-order valence-corrected chi connectivity index (χ4v) is 5.09. The van der Waals surface area contributed by atoms with Crippen molar-refractivity contribution in [1.29, 1.82) is 10.5 Å². The van der Waals surface area contributed by atoms with Crippen LogP contribution in [0.2, 0.25) is 0 Å². The van der Waals surface area contributed by atoms with Crippen LogP contribution in [0.25, 0.3) is 11.0 Å². The maximum atomic E-state index is 12.8. The van der Waals surface area contributed by atoms with Crippen molar-refractivity contribution in [3.63, 3.8) is 0 Å². The Morgan fingerprint density at radius 3 is 2.44 bits per heavy atom. The number of hydrogen-bond donors (Lipinski definition) is 0. The van der Waals surface area contributed by atoms with Crippen LogP contribution < -0.4 is 10.5 Å². The zero-order valence-electron chi connectivity index (χ0n) is 20.3. The molecule has 0 N–H and O–H groups in total. The minimum Gasteiger partial charge on any atom is -0.364 e. The number of aryl methyl sites for hydroxylation is 1. The van der Waals surface area contributed by atoms with E-state index in [0.717, 1.165) is 42.7 Å². The van der Waals surface area contributed by atoms with E-state index in [1.165, 1.54) is 5.56 Å². The van der Waals surface area contributed by atoms with Crippen molar-refractivity contribution in [2.24, 2.45) is 7.05 Å². The molecule has 1 aliphatic heterocycles. The Kier molecular flexibility index (Phi) is 6.72. The Morgan fingerprint density at radius 1 is 1.12 bits per heavy atom. The van der Waals surface area contributed by atoms with Crippen LogP contribution in [0.5, 0.6) is 0 Å². The molecule has 0 radical (unpaired) electrons. The lowest BCUT2D eigenvalue weighted by atomic mass is 9.96. The molecule has 3 aromatic rings. The second-order valence-corrected chi connectivity index (χ2v) is 9.03. The van der Waals surface area contributed by atoms with Gasteiger partial charge in [0.1, 0.15) is 12.1 Å². The Morgan fingerprint density at radius 2 is 1.82 bits per heavy atom. The second kappa shape index (κ2) is 9.70. The summed E-state index contributed by atoms with van der Waals surface area (Å²) in [4.78, 5) is 17.7. The third-order valence-corrected chi connectivity index (χ3v) is 7.18. The summed E-state index contributed by atoms with van der Waals surface area (Å²) in [5.74, 6) is 0. The maximum Gasteiger partial charge on any atom is 0.252 e. The van der Waals surface area contributed by atoms with E-state index in [1.807, 2.05) is 12.1 Å². The molecule has 1 saturated heterocycles. The van der Waals surface area contributed by atoms with Crippen molar-refractivity contribution in [3.8, 4) is 12.1 Å². The number of nitrogens with zero attached hydrogens (tertiary/aromatic N) is 7. The number of rotatable bonds is 6. The van der Waals surface area contributed by atoms with Gasteiger partial charge in [-0.15, -0.1) is 0 Å². The van der Waals surface area contributed by atoms with Crippen LogP contribution in [-0.2, 0) is 13.6 Å². The van der Waals surface area contributed by atoms with Gasteiger partial charge in [0.15, 0.2) is 0 Å². The van der Waals surface area contributed by atoms with Crippen molar-refractivity contribution in [1.82, 2.24) is 19.2 Å². The van der Waals surface area contributed by atoms with Crippen LogP contribution in [0.1, 0.15) is 50.8 Å². The summed E-state index contributed by atoms with van der Waals surface area (Å²) in [6.45, 7) is 8.42. The number of piperazine rings is 1. The predicted molar refractivity (Wildman–Crippen MR) is 132 cm³/mol. The van der Waals surface area contributed by atoms with Gasteiger partial charge in [0.2, 0.25) is 0 Å². The minimum atomic E-state index is -0.0738. The van der Waals surface area contributed by atoms with E-state index in [9.17, 15) is 4.79 Å². The van der Waals surface area contributed by atoms with Crippen molar-refractivity contribution in [3.05, 3.63) is 58.0 Å². The molecule has 3 heterocycles. The number of fused-ring (bicyclic) bond motifs is 1. The van der Waals surface area contributed by atoms with Crippen molar-refractivity contribution in [2.75, 3.05) is 18.0 Å². The van der Waals surface area contributed by atoms with E-state index in [2.05, 4.69) is 59.9 Å². The Balaban J connectivity index is 1.71.